The molecule has 62 heavy (non-hydrogen) atoms. The maximum atomic E-state index is 13.9. The molecule has 0 fully saturated rings. The molecule has 0 spiro atoms. The van der Waals surface area contributed by atoms with Crippen molar-refractivity contribution in [1.82, 2.24) is 0 Å². The molecule has 0 atom stereocenters. The summed E-state index contributed by atoms with van der Waals surface area (Å²) in [6.45, 7) is 0. The van der Waals surface area contributed by atoms with Gasteiger partial charge in [0.05, 0.1) is 0 Å². The molecule has 0 radical (unpaired) electrons. The first-order valence-electron chi connectivity index (χ1n) is 12.7. The maximum absolute atomic E-state index is 13.9. The van der Waals surface area contributed by atoms with Crippen LogP contribution >= 0.6 is 0 Å². The molecule has 0 saturated heterocycles. The van der Waals surface area contributed by atoms with Crippen LogP contribution in [-0.2, 0) is 0 Å². The normalized spacial score (nSPS) is 17.5. The fraction of sp³-hybridized carbons (Fsp3) is 1.00. The molecule has 0 unspecified atom stereocenters. The van der Waals surface area contributed by atoms with Crippen molar-refractivity contribution < 1.29 is 185 Å². The summed E-state index contributed by atoms with van der Waals surface area (Å²) in [5.74, 6) is -182. The molecule has 0 rings (SSSR count). The monoisotopic (exact) mass is 1040 g/mol. The van der Waals surface area contributed by atoms with Crippen molar-refractivity contribution in [1.29, 1.82) is 0 Å². The van der Waals surface area contributed by atoms with Gasteiger partial charge < -0.3 is 5.11 Å². The predicted octanol–water partition coefficient (Wildman–Crippen LogP) is 12.6. The zero-order valence-corrected chi connectivity index (χ0v) is 25.9. The van der Waals surface area contributed by atoms with E-state index < -0.39 is 119 Å². The van der Waals surface area contributed by atoms with Crippen molar-refractivity contribution in [3.05, 3.63) is 0 Å². The van der Waals surface area contributed by atoms with Crippen molar-refractivity contribution >= 4 is 0 Å². The number of rotatable bonds is 18. The Morgan fingerprint density at radius 2 is 0.210 bits per heavy atom. The number of hydrogen-bond acceptors (Lipinski definition) is 1. The quantitative estimate of drug-likeness (QED) is 0.136. The van der Waals surface area contributed by atoms with Crippen LogP contribution in [0.1, 0.15) is 0 Å². The van der Waals surface area contributed by atoms with Crippen molar-refractivity contribution in [2.24, 2.45) is 0 Å². The van der Waals surface area contributed by atoms with E-state index in [4.69, 9.17) is 5.11 Å². The molecule has 0 heterocycles. The lowest BCUT2D eigenvalue weighted by atomic mass is 9.82. The lowest BCUT2D eigenvalue weighted by molar-refractivity contribution is -0.497. The molecular formula is C20HF41O. The Bertz CT molecular complexity index is 1510. The molecule has 0 amide bonds. The Hall–Kier alpha value is -2.91. The summed E-state index contributed by atoms with van der Waals surface area (Å²) in [5, 5.41) is 7.44. The van der Waals surface area contributed by atoms with Crippen LogP contribution in [0.5, 0.6) is 0 Å². The molecule has 0 aliphatic carbocycles. The first kappa shape index (κ1) is 59.1. The summed E-state index contributed by atoms with van der Waals surface area (Å²) in [6.07, 6.45) is -16.6. The third-order valence-corrected chi connectivity index (χ3v) is 7.44. The number of hydrogen-bond donors (Lipinski definition) is 1. The van der Waals surface area contributed by atoms with Crippen LogP contribution in [0.15, 0.2) is 0 Å². The van der Waals surface area contributed by atoms with Crippen LogP contribution in [0, 0.1) is 0 Å². The molecule has 0 aliphatic rings. The van der Waals surface area contributed by atoms with Gasteiger partial charge in [-0.2, -0.15) is 180 Å². The van der Waals surface area contributed by atoms with Gasteiger partial charge >= 0.3 is 119 Å². The Kier molecular flexibility index (Phi) is 13.2. The van der Waals surface area contributed by atoms with E-state index in [2.05, 4.69) is 0 Å². The second-order valence-electron chi connectivity index (χ2n) is 11.4. The standard InChI is InChI=1S/C20HF41O/c21-1(22,3(25,26)5(29,30)7(33,34)9(37,38)11(41,42)13(45,46)15(49,50)17(53,54)19(57,58)59)2(23,24)4(27,28)6(31,32)8(35,36)10(39,40)12(43,44)14(47,48)16(51,52)18(55,56)20(60,61)62/h62H. The minimum Gasteiger partial charge on any atom is -0.331 e. The maximum Gasteiger partial charge on any atom is 0.460 e. The van der Waals surface area contributed by atoms with E-state index in [0.29, 0.717) is 0 Å². The van der Waals surface area contributed by atoms with Gasteiger partial charge in [0.15, 0.2) is 0 Å². The number of halogens is 41. The summed E-state index contributed by atoms with van der Waals surface area (Å²) in [4.78, 5) is 0. The Morgan fingerprint density at radius 1 is 0.129 bits per heavy atom. The lowest BCUT2D eigenvalue weighted by Gasteiger charge is -2.47. The van der Waals surface area contributed by atoms with Crippen molar-refractivity contribution in [2.45, 2.75) is 119 Å². The van der Waals surface area contributed by atoms with Gasteiger partial charge in [-0.15, -0.1) is 0 Å². The second kappa shape index (κ2) is 13.8. The van der Waals surface area contributed by atoms with E-state index in [1.807, 2.05) is 0 Å². The minimum absolute atomic E-state index is 7.44. The van der Waals surface area contributed by atoms with Gasteiger partial charge in [0.2, 0.25) is 0 Å². The molecule has 1 nitrogen and oxygen atoms in total. The molecule has 0 saturated carbocycles. The van der Waals surface area contributed by atoms with Crippen molar-refractivity contribution in [3.63, 3.8) is 0 Å². The zero-order valence-electron chi connectivity index (χ0n) is 25.9. The summed E-state index contributed by atoms with van der Waals surface area (Å²) in [7, 11) is 0. The van der Waals surface area contributed by atoms with Gasteiger partial charge in [-0.1, -0.05) is 0 Å². The van der Waals surface area contributed by atoms with Gasteiger partial charge in [-0.3, -0.25) is 0 Å². The van der Waals surface area contributed by atoms with Crippen LogP contribution in [0.3, 0.4) is 0 Å². The molecule has 0 aromatic rings. The van der Waals surface area contributed by atoms with Crippen LogP contribution < -0.4 is 0 Å². The van der Waals surface area contributed by atoms with Crippen LogP contribution in [0.4, 0.5) is 180 Å². The van der Waals surface area contributed by atoms with Gasteiger partial charge in [-0.25, -0.2) is 0 Å². The van der Waals surface area contributed by atoms with Gasteiger partial charge in [0.25, 0.3) is 0 Å². The smallest absolute Gasteiger partial charge is 0.331 e. The topological polar surface area (TPSA) is 20.2 Å². The first-order valence-corrected chi connectivity index (χ1v) is 12.7. The zero-order chi connectivity index (χ0) is 52.0. The SMILES string of the molecule is OC(F)(F)C(F)(F)C(F)(F)C(F)(F)C(F)(F)C(F)(F)C(F)(F)C(F)(F)C(F)(F)C(F)(F)C(F)(F)C(F)(F)C(F)(F)C(F)(F)C(F)(F)C(F)(F)C(F)(F)C(F)(F)C(F)(F)C(F)(F)F. The van der Waals surface area contributed by atoms with E-state index in [1.165, 1.54) is 0 Å². The molecule has 0 aromatic carbocycles. The Morgan fingerprint density at radius 3 is 0.290 bits per heavy atom. The fourth-order valence-corrected chi connectivity index (χ4v) is 3.52. The third-order valence-electron chi connectivity index (χ3n) is 7.44. The van der Waals surface area contributed by atoms with Crippen LogP contribution in [-0.4, -0.2) is 124 Å². The second-order valence-corrected chi connectivity index (χ2v) is 11.4. The molecule has 42 heteroatoms. The largest absolute Gasteiger partial charge is 0.460 e. The molecule has 1 N–H and O–H groups in total. The van der Waals surface area contributed by atoms with E-state index >= 15 is 0 Å². The van der Waals surface area contributed by atoms with Crippen LogP contribution in [0.2, 0.25) is 0 Å². The molecule has 0 bridgehead atoms. The molecule has 374 valence electrons. The summed E-state index contributed by atoms with van der Waals surface area (Å²) in [6, 6.07) is 0. The van der Waals surface area contributed by atoms with Gasteiger partial charge in [0, 0.05) is 0 Å². The van der Waals surface area contributed by atoms with Crippen LogP contribution in [0.25, 0.3) is 0 Å². The Balaban J connectivity index is 7.98. The van der Waals surface area contributed by atoms with Gasteiger partial charge in [-0.05, 0) is 0 Å². The summed E-state index contributed by atoms with van der Waals surface area (Å²) >= 11 is 0. The molecule has 0 aromatic heterocycles. The van der Waals surface area contributed by atoms with E-state index in [9.17, 15) is 180 Å². The number of aliphatic hydroxyl groups is 1. The highest BCUT2D eigenvalue weighted by Crippen LogP contribution is 2.71. The Labute approximate surface area is 305 Å². The summed E-state index contributed by atoms with van der Waals surface area (Å²) in [5.41, 5.74) is 0. The minimum atomic E-state index is -10.6. The third kappa shape index (κ3) is 6.36. The highest BCUT2D eigenvalue weighted by Gasteiger charge is 3.03. The highest BCUT2D eigenvalue weighted by molar-refractivity contribution is 5.23. The van der Waals surface area contributed by atoms with Crippen molar-refractivity contribution in [3.8, 4) is 0 Å². The van der Waals surface area contributed by atoms with E-state index in [-0.39, 0.29) is 0 Å². The summed E-state index contributed by atoms with van der Waals surface area (Å²) < 4.78 is 550. The predicted molar refractivity (Wildman–Crippen MR) is 102 cm³/mol. The average Bonchev–Trinajstić information content (AvgIpc) is 3.01. The number of alkyl halides is 41. The average molecular weight is 1040 g/mol. The van der Waals surface area contributed by atoms with E-state index in [1.54, 1.807) is 0 Å². The van der Waals surface area contributed by atoms with Gasteiger partial charge in [0.1, 0.15) is 0 Å². The lowest BCUT2D eigenvalue weighted by Crippen LogP contribution is -2.80. The highest BCUT2D eigenvalue weighted by atomic mass is 19.4. The molecule has 0 aliphatic heterocycles. The van der Waals surface area contributed by atoms with E-state index in [0.717, 1.165) is 0 Å². The molecular weight excluding hydrogens is 1040 g/mol. The van der Waals surface area contributed by atoms with Crippen molar-refractivity contribution in [2.75, 3.05) is 0 Å². The fourth-order valence-electron chi connectivity index (χ4n) is 3.52. The first-order chi connectivity index (χ1) is 25.8.